The molecule has 7 heteroatoms. The van der Waals surface area contributed by atoms with Crippen LogP contribution in [0.15, 0.2) is 29.2 Å². The molecule has 0 aliphatic carbocycles. The average molecular weight is 344 g/mol. The molecule has 1 unspecified atom stereocenters. The van der Waals surface area contributed by atoms with Gasteiger partial charge in [-0.25, -0.2) is 0 Å². The van der Waals surface area contributed by atoms with Crippen LogP contribution in [-0.2, 0) is 9.59 Å². The fourth-order valence-electron chi connectivity index (χ4n) is 2.12. The summed E-state index contributed by atoms with van der Waals surface area (Å²) in [6.45, 7) is 3.70. The Morgan fingerprint density at radius 3 is 2.73 bits per heavy atom. The van der Waals surface area contributed by atoms with Crippen molar-refractivity contribution in [3.05, 3.63) is 29.8 Å². The molecule has 2 amide bonds. The number of nitrogens with two attached hydrogens (primary N) is 1. The van der Waals surface area contributed by atoms with Gasteiger partial charge in [0.15, 0.2) is 0 Å². The van der Waals surface area contributed by atoms with Crippen molar-refractivity contribution in [3.8, 4) is 0 Å². The van der Waals surface area contributed by atoms with Crippen LogP contribution in [0, 0.1) is 5.92 Å². The first-order valence-electron chi connectivity index (χ1n) is 7.03. The van der Waals surface area contributed by atoms with E-state index in [1.54, 1.807) is 11.8 Å². The van der Waals surface area contributed by atoms with Crippen LogP contribution >= 0.6 is 24.2 Å². The van der Waals surface area contributed by atoms with Crippen molar-refractivity contribution < 1.29 is 9.59 Å². The van der Waals surface area contributed by atoms with E-state index in [0.717, 1.165) is 11.3 Å². The van der Waals surface area contributed by atoms with Crippen molar-refractivity contribution in [2.24, 2.45) is 11.7 Å². The third-order valence-electron chi connectivity index (χ3n) is 3.48. The van der Waals surface area contributed by atoms with Crippen LogP contribution in [0.4, 0.5) is 0 Å². The second-order valence-corrected chi connectivity index (χ2v) is 6.52. The largest absolute Gasteiger partial charge is 0.347 e. The molecule has 0 aromatic heterocycles. The summed E-state index contributed by atoms with van der Waals surface area (Å²) in [4.78, 5) is 24.8. The Kier molecular flexibility index (Phi) is 7.19. The van der Waals surface area contributed by atoms with Gasteiger partial charge in [-0.2, -0.15) is 0 Å². The minimum atomic E-state index is -0.583. The lowest BCUT2D eigenvalue weighted by atomic mass is 10.1. The maximum atomic E-state index is 11.9. The zero-order valence-corrected chi connectivity index (χ0v) is 14.3. The van der Waals surface area contributed by atoms with Gasteiger partial charge in [0.05, 0.1) is 18.6 Å². The van der Waals surface area contributed by atoms with Crippen LogP contribution in [0.5, 0.6) is 0 Å². The minimum absolute atomic E-state index is 0. The van der Waals surface area contributed by atoms with Crippen LogP contribution in [0.1, 0.15) is 25.5 Å². The Labute approximate surface area is 141 Å². The molecule has 2 rings (SSSR count). The fraction of sp³-hybridized carbons (Fsp3) is 0.467. The maximum Gasteiger partial charge on any atom is 0.239 e. The first kappa shape index (κ1) is 18.8. The van der Waals surface area contributed by atoms with E-state index in [1.807, 2.05) is 32.0 Å². The molecule has 5 nitrogen and oxygen atoms in total. The molecule has 1 aromatic rings. The first-order valence-corrected chi connectivity index (χ1v) is 8.02. The van der Waals surface area contributed by atoms with Crippen molar-refractivity contribution >= 4 is 36.0 Å². The Bertz CT molecular complexity index is 539. The molecule has 0 fully saturated rings. The molecule has 0 bridgehead atoms. The van der Waals surface area contributed by atoms with Crippen LogP contribution in [0.3, 0.4) is 0 Å². The molecular formula is C15H22ClN3O2S. The lowest BCUT2D eigenvalue weighted by Gasteiger charge is -2.17. The van der Waals surface area contributed by atoms with Gasteiger partial charge in [-0.1, -0.05) is 32.0 Å². The molecule has 0 spiro atoms. The number of carbonyl (C=O) groups is 2. The number of hydrogen-bond acceptors (Lipinski definition) is 4. The van der Waals surface area contributed by atoms with Crippen molar-refractivity contribution in [2.45, 2.75) is 30.8 Å². The monoisotopic (exact) mass is 343 g/mol. The highest BCUT2D eigenvalue weighted by molar-refractivity contribution is 7.99. The zero-order valence-electron chi connectivity index (χ0n) is 12.7. The van der Waals surface area contributed by atoms with Gasteiger partial charge in [-0.15, -0.1) is 24.2 Å². The number of hydrogen-bond donors (Lipinski definition) is 3. The van der Waals surface area contributed by atoms with Crippen LogP contribution in [-0.4, -0.2) is 30.2 Å². The van der Waals surface area contributed by atoms with Gasteiger partial charge in [0.2, 0.25) is 11.8 Å². The van der Waals surface area contributed by atoms with E-state index < -0.39 is 6.04 Å². The number of carbonyl (C=O) groups excluding carboxylic acids is 2. The topological polar surface area (TPSA) is 84.2 Å². The van der Waals surface area contributed by atoms with E-state index in [9.17, 15) is 9.59 Å². The lowest BCUT2D eigenvalue weighted by molar-refractivity contribution is -0.127. The molecule has 1 aliphatic rings. The van der Waals surface area contributed by atoms with Crippen LogP contribution < -0.4 is 16.4 Å². The Morgan fingerprint density at radius 2 is 2.05 bits per heavy atom. The molecule has 22 heavy (non-hydrogen) atoms. The second-order valence-electron chi connectivity index (χ2n) is 5.46. The standard InChI is InChI=1S/C15H21N3O2S.ClH/c1-9(2)14(16)15(20)17-7-13(19)18-11-8-21-12-6-4-3-5-10(11)12;/h3-6,9,11,14H,7-8,16H2,1-2H3,(H,17,20)(H,18,19);1H/t11?,14-;/m0./s1. The third kappa shape index (κ3) is 4.63. The second kappa shape index (κ2) is 8.41. The molecule has 2 atom stereocenters. The number of thioether (sulfide) groups is 1. The highest BCUT2D eigenvalue weighted by Crippen LogP contribution is 2.37. The van der Waals surface area contributed by atoms with E-state index in [1.165, 1.54) is 4.90 Å². The molecule has 122 valence electrons. The van der Waals surface area contributed by atoms with Gasteiger partial charge in [0.1, 0.15) is 0 Å². The number of amides is 2. The lowest BCUT2D eigenvalue weighted by Crippen LogP contribution is -2.47. The molecule has 0 saturated carbocycles. The average Bonchev–Trinajstić information content (AvgIpc) is 2.87. The minimum Gasteiger partial charge on any atom is -0.347 e. The van der Waals surface area contributed by atoms with E-state index in [-0.39, 0.29) is 42.7 Å². The zero-order chi connectivity index (χ0) is 15.4. The number of halogens is 1. The maximum absolute atomic E-state index is 11.9. The third-order valence-corrected chi connectivity index (χ3v) is 4.66. The predicted octanol–water partition coefficient (Wildman–Crippen LogP) is 1.47. The van der Waals surface area contributed by atoms with Crippen LogP contribution in [0.25, 0.3) is 0 Å². The molecule has 4 N–H and O–H groups in total. The Morgan fingerprint density at radius 1 is 1.36 bits per heavy atom. The smallest absolute Gasteiger partial charge is 0.239 e. The van der Waals surface area contributed by atoms with E-state index in [2.05, 4.69) is 16.7 Å². The summed E-state index contributed by atoms with van der Waals surface area (Å²) in [6, 6.07) is 7.45. The van der Waals surface area contributed by atoms with Crippen molar-refractivity contribution in [1.82, 2.24) is 10.6 Å². The van der Waals surface area contributed by atoms with E-state index in [0.29, 0.717) is 0 Å². The van der Waals surface area contributed by atoms with Gasteiger partial charge in [-0.05, 0) is 17.5 Å². The van der Waals surface area contributed by atoms with Gasteiger partial charge in [0, 0.05) is 10.6 Å². The van der Waals surface area contributed by atoms with Crippen molar-refractivity contribution in [3.63, 3.8) is 0 Å². The number of nitrogens with one attached hydrogen (secondary N) is 2. The molecular weight excluding hydrogens is 322 g/mol. The SMILES string of the molecule is CC(C)[C@H](N)C(=O)NCC(=O)NC1CSc2ccccc21.Cl. The molecule has 0 saturated heterocycles. The summed E-state index contributed by atoms with van der Waals surface area (Å²) in [5.41, 5.74) is 6.87. The summed E-state index contributed by atoms with van der Waals surface area (Å²) in [5.74, 6) is 0.388. The first-order chi connectivity index (χ1) is 9.99. The van der Waals surface area contributed by atoms with Crippen LogP contribution in [0.2, 0.25) is 0 Å². The molecule has 1 heterocycles. The normalized spacial score (nSPS) is 17.4. The van der Waals surface area contributed by atoms with Gasteiger partial charge < -0.3 is 16.4 Å². The summed E-state index contributed by atoms with van der Waals surface area (Å²) >= 11 is 1.73. The van der Waals surface area contributed by atoms with Gasteiger partial charge in [-0.3, -0.25) is 9.59 Å². The highest BCUT2D eigenvalue weighted by atomic mass is 35.5. The molecule has 1 aromatic carbocycles. The Hall–Kier alpha value is -1.24. The summed E-state index contributed by atoms with van der Waals surface area (Å²) in [7, 11) is 0. The van der Waals surface area contributed by atoms with Gasteiger partial charge >= 0.3 is 0 Å². The summed E-state index contributed by atoms with van der Waals surface area (Å²) in [6.07, 6.45) is 0. The van der Waals surface area contributed by atoms with E-state index >= 15 is 0 Å². The molecule has 0 radical (unpaired) electrons. The summed E-state index contributed by atoms with van der Waals surface area (Å²) < 4.78 is 0. The quantitative estimate of drug-likeness (QED) is 0.756. The summed E-state index contributed by atoms with van der Waals surface area (Å²) in [5, 5.41) is 5.52. The number of fused-ring (bicyclic) bond motifs is 1. The Balaban J connectivity index is 0.00000242. The predicted molar refractivity (Wildman–Crippen MR) is 91.1 cm³/mol. The fourth-order valence-corrected chi connectivity index (χ4v) is 3.28. The van der Waals surface area contributed by atoms with E-state index in [4.69, 9.17) is 5.73 Å². The number of benzene rings is 1. The number of rotatable bonds is 5. The van der Waals surface area contributed by atoms with Crippen molar-refractivity contribution in [1.29, 1.82) is 0 Å². The van der Waals surface area contributed by atoms with Gasteiger partial charge in [0.25, 0.3) is 0 Å². The highest BCUT2D eigenvalue weighted by Gasteiger charge is 2.24. The molecule has 1 aliphatic heterocycles. The van der Waals surface area contributed by atoms with Crippen molar-refractivity contribution in [2.75, 3.05) is 12.3 Å².